The summed E-state index contributed by atoms with van der Waals surface area (Å²) < 4.78 is 5.76. The molecule has 0 saturated carbocycles. The van der Waals surface area contributed by atoms with Crippen molar-refractivity contribution in [1.82, 2.24) is 4.98 Å². The van der Waals surface area contributed by atoms with E-state index >= 15 is 0 Å². The van der Waals surface area contributed by atoms with Crippen molar-refractivity contribution in [3.63, 3.8) is 0 Å². The molecule has 1 aromatic carbocycles. The predicted octanol–water partition coefficient (Wildman–Crippen LogP) is 4.49. The lowest BCUT2D eigenvalue weighted by Gasteiger charge is -2.13. The Balaban J connectivity index is 1.54. The zero-order valence-corrected chi connectivity index (χ0v) is 13.7. The van der Waals surface area contributed by atoms with Crippen molar-refractivity contribution >= 4 is 11.6 Å². The van der Waals surface area contributed by atoms with Crippen molar-refractivity contribution < 1.29 is 9.53 Å². The van der Waals surface area contributed by atoms with Crippen LogP contribution in [0.3, 0.4) is 0 Å². The maximum Gasteiger partial charge on any atom is 0.228 e. The van der Waals surface area contributed by atoms with E-state index in [9.17, 15) is 4.79 Å². The number of carbonyl (C=O) groups excluding carboxylic acids is 1. The van der Waals surface area contributed by atoms with Gasteiger partial charge in [0.25, 0.3) is 0 Å². The van der Waals surface area contributed by atoms with E-state index in [1.807, 2.05) is 36.4 Å². The Morgan fingerprint density at radius 1 is 1.21 bits per heavy atom. The van der Waals surface area contributed by atoms with Gasteiger partial charge in [0.05, 0.1) is 0 Å². The van der Waals surface area contributed by atoms with Crippen LogP contribution < -0.4 is 10.1 Å². The van der Waals surface area contributed by atoms with Gasteiger partial charge in [0.1, 0.15) is 12.4 Å². The van der Waals surface area contributed by atoms with Crippen LogP contribution in [0.15, 0.2) is 60.4 Å². The SMILES string of the molecule is O=C(CC1=CCCCC1)Nc1cccc(OCc2cccnc2)c1. The Morgan fingerprint density at radius 3 is 2.96 bits per heavy atom. The molecule has 4 nitrogen and oxygen atoms in total. The summed E-state index contributed by atoms with van der Waals surface area (Å²) in [4.78, 5) is 16.2. The maximum atomic E-state index is 12.2. The first-order valence-electron chi connectivity index (χ1n) is 8.39. The fourth-order valence-corrected chi connectivity index (χ4v) is 2.79. The largest absolute Gasteiger partial charge is 0.489 e. The zero-order chi connectivity index (χ0) is 16.6. The highest BCUT2D eigenvalue weighted by Crippen LogP contribution is 2.22. The van der Waals surface area contributed by atoms with Gasteiger partial charge in [0.15, 0.2) is 0 Å². The van der Waals surface area contributed by atoms with Gasteiger partial charge in [-0.2, -0.15) is 0 Å². The molecule has 0 saturated heterocycles. The predicted molar refractivity (Wildman–Crippen MR) is 94.8 cm³/mol. The molecule has 4 heteroatoms. The van der Waals surface area contributed by atoms with Crippen molar-refractivity contribution in [1.29, 1.82) is 0 Å². The number of benzene rings is 1. The van der Waals surface area contributed by atoms with E-state index in [1.165, 1.54) is 18.4 Å². The molecule has 124 valence electrons. The summed E-state index contributed by atoms with van der Waals surface area (Å²) in [6.07, 6.45) is 10.8. The molecular weight excluding hydrogens is 300 g/mol. The van der Waals surface area contributed by atoms with Gasteiger partial charge in [-0.05, 0) is 43.9 Å². The molecule has 1 heterocycles. The monoisotopic (exact) mass is 322 g/mol. The molecule has 0 fully saturated rings. The first kappa shape index (κ1) is 16.2. The van der Waals surface area contributed by atoms with Gasteiger partial charge in [0, 0.05) is 36.1 Å². The summed E-state index contributed by atoms with van der Waals surface area (Å²) >= 11 is 0. The van der Waals surface area contributed by atoms with Crippen LogP contribution in [-0.4, -0.2) is 10.9 Å². The molecule has 24 heavy (non-hydrogen) atoms. The molecule has 1 aliphatic carbocycles. The number of hydrogen-bond acceptors (Lipinski definition) is 3. The first-order chi connectivity index (χ1) is 11.8. The van der Waals surface area contributed by atoms with E-state index in [0.29, 0.717) is 13.0 Å². The van der Waals surface area contributed by atoms with Crippen LogP contribution in [-0.2, 0) is 11.4 Å². The summed E-state index contributed by atoms with van der Waals surface area (Å²) in [5.74, 6) is 0.765. The third-order valence-electron chi connectivity index (χ3n) is 4.02. The molecule has 1 amide bonds. The quantitative estimate of drug-likeness (QED) is 0.797. The molecule has 1 N–H and O–H groups in total. The molecule has 0 unspecified atom stereocenters. The van der Waals surface area contributed by atoms with Gasteiger partial charge in [-0.3, -0.25) is 9.78 Å². The van der Waals surface area contributed by atoms with Gasteiger partial charge in [-0.25, -0.2) is 0 Å². The van der Waals surface area contributed by atoms with Crippen molar-refractivity contribution in [3.05, 3.63) is 66.0 Å². The topological polar surface area (TPSA) is 51.2 Å². The molecule has 0 aliphatic heterocycles. The Bertz CT molecular complexity index is 711. The molecule has 1 aliphatic rings. The molecular formula is C20H22N2O2. The van der Waals surface area contributed by atoms with Crippen molar-refractivity contribution in [2.24, 2.45) is 0 Å². The zero-order valence-electron chi connectivity index (χ0n) is 13.7. The average Bonchev–Trinajstić information content (AvgIpc) is 2.62. The lowest BCUT2D eigenvalue weighted by molar-refractivity contribution is -0.115. The van der Waals surface area contributed by atoms with Crippen LogP contribution in [0.2, 0.25) is 0 Å². The van der Waals surface area contributed by atoms with Crippen LogP contribution in [0.1, 0.15) is 37.7 Å². The number of anilines is 1. The Hall–Kier alpha value is -2.62. The highest BCUT2D eigenvalue weighted by molar-refractivity contribution is 5.92. The smallest absolute Gasteiger partial charge is 0.228 e. The number of rotatable bonds is 6. The van der Waals surface area contributed by atoms with E-state index in [1.54, 1.807) is 12.4 Å². The number of nitrogens with zero attached hydrogens (tertiary/aromatic N) is 1. The number of amides is 1. The van der Waals surface area contributed by atoms with Crippen LogP contribution in [0.4, 0.5) is 5.69 Å². The normalized spacial score (nSPS) is 13.9. The minimum Gasteiger partial charge on any atom is -0.489 e. The number of carbonyl (C=O) groups is 1. The molecule has 2 aromatic rings. The summed E-state index contributed by atoms with van der Waals surface area (Å²) in [5.41, 5.74) is 3.03. The third kappa shape index (κ3) is 4.95. The highest BCUT2D eigenvalue weighted by atomic mass is 16.5. The molecule has 1 aromatic heterocycles. The van der Waals surface area contributed by atoms with Crippen molar-refractivity contribution in [2.45, 2.75) is 38.7 Å². The maximum absolute atomic E-state index is 12.2. The van der Waals surface area contributed by atoms with E-state index in [-0.39, 0.29) is 5.91 Å². The summed E-state index contributed by atoms with van der Waals surface area (Å²) in [6, 6.07) is 11.4. The second-order valence-electron chi connectivity index (χ2n) is 6.01. The van der Waals surface area contributed by atoms with Gasteiger partial charge in [-0.1, -0.05) is 23.8 Å². The minimum absolute atomic E-state index is 0.0348. The van der Waals surface area contributed by atoms with Crippen molar-refractivity contribution in [2.75, 3.05) is 5.32 Å². The Labute approximate surface area is 142 Å². The van der Waals surface area contributed by atoms with Gasteiger partial charge >= 0.3 is 0 Å². The number of aromatic nitrogens is 1. The Kier molecular flexibility index (Phi) is 5.61. The summed E-state index contributed by atoms with van der Waals surface area (Å²) in [6.45, 7) is 0.456. The highest BCUT2D eigenvalue weighted by Gasteiger charge is 2.09. The molecule has 0 radical (unpaired) electrons. The Morgan fingerprint density at radius 2 is 2.17 bits per heavy atom. The van der Waals surface area contributed by atoms with Crippen molar-refractivity contribution in [3.8, 4) is 5.75 Å². The molecule has 0 bridgehead atoms. The summed E-state index contributed by atoms with van der Waals surface area (Å²) in [5, 5.41) is 2.96. The van der Waals surface area contributed by atoms with Gasteiger partial charge < -0.3 is 10.1 Å². The molecule has 0 spiro atoms. The second-order valence-corrected chi connectivity index (χ2v) is 6.01. The number of allylic oxidation sites excluding steroid dienone is 1. The molecule has 0 atom stereocenters. The van der Waals surface area contributed by atoms with Crippen LogP contribution >= 0.6 is 0 Å². The number of ether oxygens (including phenoxy) is 1. The second kappa shape index (κ2) is 8.29. The van der Waals surface area contributed by atoms with Crippen LogP contribution in [0.5, 0.6) is 5.75 Å². The number of pyridine rings is 1. The average molecular weight is 322 g/mol. The lowest BCUT2D eigenvalue weighted by Crippen LogP contribution is -2.13. The minimum atomic E-state index is 0.0348. The lowest BCUT2D eigenvalue weighted by atomic mass is 9.97. The first-order valence-corrected chi connectivity index (χ1v) is 8.39. The van der Waals surface area contributed by atoms with Gasteiger partial charge in [-0.15, -0.1) is 0 Å². The number of nitrogens with one attached hydrogen (secondary N) is 1. The van der Waals surface area contributed by atoms with Crippen LogP contribution in [0.25, 0.3) is 0 Å². The van der Waals surface area contributed by atoms with Gasteiger partial charge in [0.2, 0.25) is 5.91 Å². The summed E-state index contributed by atoms with van der Waals surface area (Å²) in [7, 11) is 0. The fourth-order valence-electron chi connectivity index (χ4n) is 2.79. The standard InChI is InChI=1S/C20H22N2O2/c23-20(12-16-6-2-1-3-7-16)22-18-9-4-10-19(13-18)24-15-17-8-5-11-21-14-17/h4-6,8-11,13-14H,1-3,7,12,15H2,(H,22,23). The fraction of sp³-hybridized carbons (Fsp3) is 0.300. The van der Waals surface area contributed by atoms with E-state index in [2.05, 4.69) is 16.4 Å². The third-order valence-corrected chi connectivity index (χ3v) is 4.02. The van der Waals surface area contributed by atoms with E-state index in [4.69, 9.17) is 4.74 Å². The molecule has 3 rings (SSSR count). The number of hydrogen-bond donors (Lipinski definition) is 1. The van der Waals surface area contributed by atoms with E-state index in [0.717, 1.165) is 29.8 Å². The van der Waals surface area contributed by atoms with E-state index < -0.39 is 0 Å². The van der Waals surface area contributed by atoms with Crippen LogP contribution in [0, 0.1) is 0 Å².